The Bertz CT molecular complexity index is 407. The smallest absolute Gasteiger partial charge is 0.210 e. The number of nitrogen functional groups attached to an aromatic ring is 1. The zero-order valence-corrected chi connectivity index (χ0v) is 7.04. The molecular formula is C10H9NO2. The Morgan fingerprint density at radius 3 is 2.85 bits per heavy atom. The summed E-state index contributed by atoms with van der Waals surface area (Å²) in [5, 5.41) is 0. The number of hydrogen-bond donors (Lipinski definition) is 1. The summed E-state index contributed by atoms with van der Waals surface area (Å²) in [7, 11) is 0. The molecule has 2 aliphatic rings. The SMILES string of the molecule is Nc1ccc2c(c1)C(=O)C1(CC1)O2. The van der Waals surface area contributed by atoms with Crippen LogP contribution in [-0.4, -0.2) is 11.4 Å². The monoisotopic (exact) mass is 175 g/mol. The number of rotatable bonds is 0. The lowest BCUT2D eigenvalue weighted by atomic mass is 10.1. The molecule has 1 aliphatic heterocycles. The summed E-state index contributed by atoms with van der Waals surface area (Å²) in [6.07, 6.45) is 1.70. The molecule has 1 spiro atoms. The van der Waals surface area contributed by atoms with Crippen LogP contribution in [0.15, 0.2) is 18.2 Å². The second-order valence-electron chi connectivity index (χ2n) is 3.68. The summed E-state index contributed by atoms with van der Waals surface area (Å²) in [6.45, 7) is 0. The van der Waals surface area contributed by atoms with Gasteiger partial charge in [0.05, 0.1) is 5.56 Å². The van der Waals surface area contributed by atoms with Crippen molar-refractivity contribution in [2.45, 2.75) is 18.4 Å². The fourth-order valence-corrected chi connectivity index (χ4v) is 1.76. The van der Waals surface area contributed by atoms with Gasteiger partial charge in [0.1, 0.15) is 5.75 Å². The summed E-state index contributed by atoms with van der Waals surface area (Å²) < 4.78 is 5.57. The van der Waals surface area contributed by atoms with Crippen LogP contribution in [0.3, 0.4) is 0 Å². The van der Waals surface area contributed by atoms with Crippen molar-refractivity contribution in [1.29, 1.82) is 0 Å². The molecule has 0 saturated heterocycles. The summed E-state index contributed by atoms with van der Waals surface area (Å²) in [6, 6.07) is 5.23. The Balaban J connectivity index is 2.18. The molecule has 1 fully saturated rings. The van der Waals surface area contributed by atoms with E-state index in [0.29, 0.717) is 17.0 Å². The van der Waals surface area contributed by atoms with E-state index in [0.717, 1.165) is 12.8 Å². The van der Waals surface area contributed by atoms with Crippen LogP contribution in [0.4, 0.5) is 5.69 Å². The normalized spacial score (nSPS) is 21.4. The van der Waals surface area contributed by atoms with Gasteiger partial charge in [0, 0.05) is 5.69 Å². The summed E-state index contributed by atoms with van der Waals surface area (Å²) in [5.41, 5.74) is 6.37. The molecule has 0 unspecified atom stereocenters. The van der Waals surface area contributed by atoms with Crippen LogP contribution in [-0.2, 0) is 0 Å². The Hall–Kier alpha value is -1.51. The minimum absolute atomic E-state index is 0.106. The third kappa shape index (κ3) is 0.763. The van der Waals surface area contributed by atoms with Gasteiger partial charge in [0.25, 0.3) is 0 Å². The first-order valence-electron chi connectivity index (χ1n) is 4.35. The minimum atomic E-state index is -0.490. The average molecular weight is 175 g/mol. The zero-order valence-electron chi connectivity index (χ0n) is 7.04. The molecule has 1 aliphatic carbocycles. The van der Waals surface area contributed by atoms with Gasteiger partial charge in [-0.15, -0.1) is 0 Å². The highest BCUT2D eigenvalue weighted by atomic mass is 16.5. The van der Waals surface area contributed by atoms with E-state index in [2.05, 4.69) is 0 Å². The number of carbonyl (C=O) groups excluding carboxylic acids is 1. The van der Waals surface area contributed by atoms with E-state index in [-0.39, 0.29) is 5.78 Å². The van der Waals surface area contributed by atoms with E-state index in [1.165, 1.54) is 0 Å². The van der Waals surface area contributed by atoms with Crippen molar-refractivity contribution in [2.24, 2.45) is 0 Å². The first-order chi connectivity index (χ1) is 6.21. The average Bonchev–Trinajstić information content (AvgIpc) is 2.83. The topological polar surface area (TPSA) is 52.3 Å². The Kier molecular flexibility index (Phi) is 0.998. The van der Waals surface area contributed by atoms with Gasteiger partial charge >= 0.3 is 0 Å². The molecule has 0 atom stereocenters. The van der Waals surface area contributed by atoms with Crippen molar-refractivity contribution in [3.63, 3.8) is 0 Å². The predicted octanol–water partition coefficient (Wildman–Crippen LogP) is 1.38. The van der Waals surface area contributed by atoms with Crippen molar-refractivity contribution in [3.05, 3.63) is 23.8 Å². The highest BCUT2D eigenvalue weighted by Crippen LogP contribution is 2.49. The van der Waals surface area contributed by atoms with Gasteiger partial charge in [0.2, 0.25) is 5.78 Å². The molecule has 3 heteroatoms. The van der Waals surface area contributed by atoms with E-state index >= 15 is 0 Å². The number of ketones is 1. The number of ether oxygens (including phenoxy) is 1. The van der Waals surface area contributed by atoms with Crippen molar-refractivity contribution in [2.75, 3.05) is 5.73 Å². The zero-order chi connectivity index (χ0) is 9.05. The first kappa shape index (κ1) is 6.95. The molecule has 0 aromatic heterocycles. The number of Topliss-reactive ketones (excluding diaryl/α,β-unsaturated/α-hetero) is 1. The Morgan fingerprint density at radius 2 is 2.15 bits per heavy atom. The van der Waals surface area contributed by atoms with Crippen molar-refractivity contribution in [1.82, 2.24) is 0 Å². The maximum absolute atomic E-state index is 11.8. The molecule has 0 amide bonds. The standard InChI is InChI=1S/C10H9NO2/c11-6-1-2-8-7(5-6)9(12)10(13-8)3-4-10/h1-2,5H,3-4,11H2. The van der Waals surface area contributed by atoms with Crippen LogP contribution in [0.1, 0.15) is 23.2 Å². The predicted molar refractivity (Wildman–Crippen MR) is 47.8 cm³/mol. The number of benzene rings is 1. The molecule has 1 aromatic carbocycles. The lowest BCUT2D eigenvalue weighted by molar-refractivity contribution is 0.0820. The number of carbonyl (C=O) groups is 1. The molecular weight excluding hydrogens is 166 g/mol. The lowest BCUT2D eigenvalue weighted by Gasteiger charge is -2.03. The van der Waals surface area contributed by atoms with Crippen LogP contribution in [0.2, 0.25) is 0 Å². The molecule has 0 bridgehead atoms. The Morgan fingerprint density at radius 1 is 1.38 bits per heavy atom. The van der Waals surface area contributed by atoms with E-state index < -0.39 is 5.60 Å². The quantitative estimate of drug-likeness (QED) is 0.606. The van der Waals surface area contributed by atoms with Crippen LogP contribution >= 0.6 is 0 Å². The van der Waals surface area contributed by atoms with Crippen molar-refractivity contribution in [3.8, 4) is 5.75 Å². The molecule has 1 heterocycles. The molecule has 1 aromatic rings. The van der Waals surface area contributed by atoms with E-state index in [1.54, 1.807) is 18.2 Å². The highest BCUT2D eigenvalue weighted by Gasteiger charge is 2.57. The largest absolute Gasteiger partial charge is 0.478 e. The maximum atomic E-state index is 11.8. The Labute approximate surface area is 75.5 Å². The fourth-order valence-electron chi connectivity index (χ4n) is 1.76. The van der Waals surface area contributed by atoms with Gasteiger partial charge in [0.15, 0.2) is 5.60 Å². The third-order valence-electron chi connectivity index (χ3n) is 2.67. The summed E-state index contributed by atoms with van der Waals surface area (Å²) in [4.78, 5) is 11.8. The van der Waals surface area contributed by atoms with E-state index in [1.807, 2.05) is 0 Å². The molecule has 0 radical (unpaired) electrons. The fraction of sp³-hybridized carbons (Fsp3) is 0.300. The summed E-state index contributed by atoms with van der Waals surface area (Å²) >= 11 is 0. The van der Waals surface area contributed by atoms with Crippen LogP contribution < -0.4 is 10.5 Å². The molecule has 3 rings (SSSR count). The molecule has 2 N–H and O–H groups in total. The van der Waals surface area contributed by atoms with Crippen LogP contribution in [0.5, 0.6) is 5.75 Å². The van der Waals surface area contributed by atoms with Gasteiger partial charge in [-0.2, -0.15) is 0 Å². The van der Waals surface area contributed by atoms with Gasteiger partial charge in [-0.1, -0.05) is 0 Å². The first-order valence-corrected chi connectivity index (χ1v) is 4.35. The molecule has 66 valence electrons. The van der Waals surface area contributed by atoms with E-state index in [9.17, 15) is 4.79 Å². The van der Waals surface area contributed by atoms with Gasteiger partial charge < -0.3 is 10.5 Å². The van der Waals surface area contributed by atoms with Gasteiger partial charge in [-0.05, 0) is 31.0 Å². The highest BCUT2D eigenvalue weighted by molar-refractivity contribution is 6.09. The maximum Gasteiger partial charge on any atom is 0.210 e. The minimum Gasteiger partial charge on any atom is -0.478 e. The number of hydrogen-bond acceptors (Lipinski definition) is 3. The lowest BCUT2D eigenvalue weighted by Crippen LogP contribution is -2.21. The third-order valence-corrected chi connectivity index (χ3v) is 2.67. The second-order valence-corrected chi connectivity index (χ2v) is 3.68. The molecule has 1 saturated carbocycles. The van der Waals surface area contributed by atoms with Crippen LogP contribution in [0, 0.1) is 0 Å². The number of anilines is 1. The van der Waals surface area contributed by atoms with Gasteiger partial charge in [-0.3, -0.25) is 4.79 Å². The second kappa shape index (κ2) is 1.87. The van der Waals surface area contributed by atoms with Gasteiger partial charge in [-0.25, -0.2) is 0 Å². The van der Waals surface area contributed by atoms with Crippen molar-refractivity contribution < 1.29 is 9.53 Å². The summed E-state index contributed by atoms with van der Waals surface area (Å²) in [5.74, 6) is 0.798. The molecule has 3 nitrogen and oxygen atoms in total. The molecule has 13 heavy (non-hydrogen) atoms. The number of fused-ring (bicyclic) bond motifs is 1. The number of nitrogens with two attached hydrogens (primary N) is 1. The van der Waals surface area contributed by atoms with Crippen LogP contribution in [0.25, 0.3) is 0 Å². The van der Waals surface area contributed by atoms with Crippen molar-refractivity contribution >= 4 is 11.5 Å². The van der Waals surface area contributed by atoms with E-state index in [4.69, 9.17) is 10.5 Å².